The van der Waals surface area contributed by atoms with Gasteiger partial charge < -0.3 is 39.0 Å². The highest BCUT2D eigenvalue weighted by atomic mass is 16.7. The number of esters is 3. The Morgan fingerprint density at radius 1 is 0.452 bits per heavy atom. The highest BCUT2D eigenvalue weighted by Crippen LogP contribution is 2.26. The van der Waals surface area contributed by atoms with Crippen LogP contribution < -0.4 is 0 Å². The Morgan fingerprint density at radius 2 is 0.836 bits per heavy atom. The molecule has 0 spiro atoms. The molecule has 0 saturated carbocycles. The third-order valence-electron chi connectivity index (χ3n) is 10.9. The molecule has 0 aromatic carbocycles. The van der Waals surface area contributed by atoms with Crippen molar-refractivity contribution < 1.29 is 58.2 Å². The molecule has 1 fully saturated rings. The molecule has 406 valence electrons. The van der Waals surface area contributed by atoms with Gasteiger partial charge in [-0.2, -0.15) is 0 Å². The molecule has 6 unspecified atom stereocenters. The summed E-state index contributed by atoms with van der Waals surface area (Å²) < 4.78 is 28.1. The van der Waals surface area contributed by atoms with Crippen LogP contribution in [0.3, 0.4) is 0 Å². The minimum Gasteiger partial charge on any atom is -0.479 e. The molecular formula is C61H90O12. The van der Waals surface area contributed by atoms with Gasteiger partial charge in [0, 0.05) is 19.3 Å². The lowest BCUT2D eigenvalue weighted by Crippen LogP contribution is -2.61. The van der Waals surface area contributed by atoms with Crippen LogP contribution in [-0.4, -0.2) is 89.2 Å². The Hall–Kier alpha value is -5.40. The van der Waals surface area contributed by atoms with Crippen molar-refractivity contribution in [1.82, 2.24) is 0 Å². The van der Waals surface area contributed by atoms with Crippen LogP contribution in [0, 0.1) is 0 Å². The van der Waals surface area contributed by atoms with Crippen LogP contribution >= 0.6 is 0 Å². The standard InChI is InChI=1S/C61H90O12/c1-4-7-10-13-16-19-22-25-27-30-32-35-38-41-44-47-53(62)69-50-52(71-54(63)48-45-42-39-36-34-31-28-26-23-20-17-14-11-8-5-2)51-70-61-59(57(66)56(65)58(73-61)60(67)68)72-55(64)49-46-43-40-37-33-29-24-21-18-15-12-9-6-3/h7-12,16-21,25-29,32-36,40,43,52,56-59,61,65-66H,4-6,13-15,22-24,30-31,37-39,41-42,44-51H2,1-3H3,(H,67,68)/b10-7-,11-8-,12-9-,19-16-,20-17-,21-18-,27-25-,28-26-,33-29-,35-32-,36-34-,43-40-. The summed E-state index contributed by atoms with van der Waals surface area (Å²) in [5.74, 6) is -3.38. The van der Waals surface area contributed by atoms with Gasteiger partial charge in [-0.25, -0.2) is 4.79 Å². The van der Waals surface area contributed by atoms with Crippen LogP contribution in [0.15, 0.2) is 146 Å². The van der Waals surface area contributed by atoms with E-state index in [2.05, 4.69) is 148 Å². The second-order valence-electron chi connectivity index (χ2n) is 17.4. The van der Waals surface area contributed by atoms with Crippen LogP contribution in [0.4, 0.5) is 0 Å². The van der Waals surface area contributed by atoms with Gasteiger partial charge in [0.05, 0.1) is 6.61 Å². The zero-order valence-electron chi connectivity index (χ0n) is 44.3. The van der Waals surface area contributed by atoms with Crippen molar-refractivity contribution in [3.63, 3.8) is 0 Å². The molecule has 0 amide bonds. The van der Waals surface area contributed by atoms with E-state index < -0.39 is 67.3 Å². The molecule has 0 bridgehead atoms. The van der Waals surface area contributed by atoms with Crippen molar-refractivity contribution >= 4 is 23.9 Å². The van der Waals surface area contributed by atoms with Crippen molar-refractivity contribution in [2.45, 2.75) is 199 Å². The lowest BCUT2D eigenvalue weighted by atomic mass is 9.98. The van der Waals surface area contributed by atoms with E-state index in [4.69, 9.17) is 23.7 Å². The van der Waals surface area contributed by atoms with E-state index >= 15 is 0 Å². The number of aliphatic carboxylic acids is 1. The fourth-order valence-electron chi connectivity index (χ4n) is 6.89. The van der Waals surface area contributed by atoms with Gasteiger partial charge in [0.15, 0.2) is 24.6 Å². The first kappa shape index (κ1) is 65.6. The van der Waals surface area contributed by atoms with Gasteiger partial charge in [-0.3, -0.25) is 14.4 Å². The van der Waals surface area contributed by atoms with E-state index in [1.807, 2.05) is 18.2 Å². The Balaban J connectivity index is 2.84. The molecule has 1 aliphatic rings. The summed E-state index contributed by atoms with van der Waals surface area (Å²) >= 11 is 0. The molecule has 3 N–H and O–H groups in total. The van der Waals surface area contributed by atoms with Crippen molar-refractivity contribution in [2.75, 3.05) is 13.2 Å². The number of rotatable bonds is 42. The van der Waals surface area contributed by atoms with Crippen LogP contribution in [0.2, 0.25) is 0 Å². The number of aliphatic hydroxyl groups excluding tert-OH is 2. The molecular weight excluding hydrogens is 925 g/mol. The third kappa shape index (κ3) is 37.9. The monoisotopic (exact) mass is 1010 g/mol. The van der Waals surface area contributed by atoms with Gasteiger partial charge in [0.25, 0.3) is 0 Å². The summed E-state index contributed by atoms with van der Waals surface area (Å²) in [6, 6.07) is 0. The van der Waals surface area contributed by atoms with Crippen LogP contribution in [-0.2, 0) is 42.9 Å². The maximum atomic E-state index is 13.1. The first-order valence-electron chi connectivity index (χ1n) is 26.8. The second-order valence-corrected chi connectivity index (χ2v) is 17.4. The zero-order valence-corrected chi connectivity index (χ0v) is 44.3. The summed E-state index contributed by atoms with van der Waals surface area (Å²) in [7, 11) is 0. The first-order valence-corrected chi connectivity index (χ1v) is 26.8. The number of allylic oxidation sites excluding steroid dienone is 24. The lowest BCUT2D eigenvalue weighted by molar-refractivity contribution is -0.301. The molecule has 0 aromatic heterocycles. The molecule has 1 rings (SSSR count). The minimum absolute atomic E-state index is 0.0788. The normalized spacial score (nSPS) is 19.5. The number of hydrogen-bond acceptors (Lipinski definition) is 11. The van der Waals surface area contributed by atoms with Crippen LogP contribution in [0.25, 0.3) is 0 Å². The summed E-state index contributed by atoms with van der Waals surface area (Å²) in [6.45, 7) is 5.49. The summed E-state index contributed by atoms with van der Waals surface area (Å²) in [4.78, 5) is 50.9. The quantitative estimate of drug-likeness (QED) is 0.0229. The number of ether oxygens (including phenoxy) is 5. The van der Waals surface area contributed by atoms with E-state index in [9.17, 15) is 34.5 Å². The van der Waals surface area contributed by atoms with Crippen molar-refractivity contribution in [2.24, 2.45) is 0 Å². The fourth-order valence-corrected chi connectivity index (χ4v) is 6.89. The lowest BCUT2D eigenvalue weighted by Gasteiger charge is -2.40. The fraction of sp³-hybridized carbons (Fsp3) is 0.541. The van der Waals surface area contributed by atoms with E-state index in [0.717, 1.165) is 96.3 Å². The topological polar surface area (TPSA) is 175 Å². The van der Waals surface area contributed by atoms with Gasteiger partial charge in [-0.05, 0) is 122 Å². The third-order valence-corrected chi connectivity index (χ3v) is 10.9. The molecule has 6 atom stereocenters. The summed E-state index contributed by atoms with van der Waals surface area (Å²) in [6.07, 6.45) is 55.7. The average molecular weight is 1020 g/mol. The molecule has 1 heterocycles. The Kier molecular flexibility index (Phi) is 42.8. The van der Waals surface area contributed by atoms with Gasteiger partial charge in [0.1, 0.15) is 18.8 Å². The van der Waals surface area contributed by atoms with Gasteiger partial charge >= 0.3 is 23.9 Å². The van der Waals surface area contributed by atoms with Crippen molar-refractivity contribution in [3.8, 4) is 0 Å². The SMILES string of the molecule is CC/C=C\C/C=C\C/C=C\C/C=C\CCCCC(=O)OCC(COC1OC(C(=O)O)C(O)C(O)C1OC(=O)CC/C=C\C/C=C\C/C=C\C/C=C\CC)OC(=O)CCCC/C=C\C/C=C\C/C=C\C/C=C\CC. The predicted octanol–water partition coefficient (Wildman–Crippen LogP) is 13.2. The van der Waals surface area contributed by atoms with E-state index in [0.29, 0.717) is 25.7 Å². The maximum absolute atomic E-state index is 13.1. The Morgan fingerprint density at radius 3 is 1.25 bits per heavy atom. The molecule has 1 aliphatic heterocycles. The largest absolute Gasteiger partial charge is 0.479 e. The molecule has 0 radical (unpaired) electrons. The molecule has 0 aromatic rings. The maximum Gasteiger partial charge on any atom is 0.335 e. The van der Waals surface area contributed by atoms with Crippen LogP contribution in [0.1, 0.15) is 162 Å². The Labute approximate surface area is 438 Å². The molecule has 1 saturated heterocycles. The van der Waals surface area contributed by atoms with E-state index in [1.165, 1.54) is 0 Å². The number of hydrogen-bond donors (Lipinski definition) is 3. The van der Waals surface area contributed by atoms with Gasteiger partial charge in [-0.1, -0.05) is 167 Å². The molecule has 12 heteroatoms. The summed E-state index contributed by atoms with van der Waals surface area (Å²) in [5.41, 5.74) is 0. The number of carbonyl (C=O) groups excluding carboxylic acids is 3. The second kappa shape index (κ2) is 47.6. The van der Waals surface area contributed by atoms with Gasteiger partial charge in [0.2, 0.25) is 0 Å². The predicted molar refractivity (Wildman–Crippen MR) is 293 cm³/mol. The number of carboxylic acids is 1. The van der Waals surface area contributed by atoms with E-state index in [1.54, 1.807) is 0 Å². The number of aliphatic hydroxyl groups is 2. The highest BCUT2D eigenvalue weighted by Gasteiger charge is 2.50. The average Bonchev–Trinajstić information content (AvgIpc) is 3.37. The minimum atomic E-state index is -1.95. The van der Waals surface area contributed by atoms with Crippen molar-refractivity contribution in [3.05, 3.63) is 146 Å². The zero-order chi connectivity index (χ0) is 53.3. The summed E-state index contributed by atoms with van der Waals surface area (Å²) in [5, 5.41) is 31.3. The smallest absolute Gasteiger partial charge is 0.335 e. The highest BCUT2D eigenvalue weighted by molar-refractivity contribution is 5.74. The van der Waals surface area contributed by atoms with Gasteiger partial charge in [-0.15, -0.1) is 0 Å². The van der Waals surface area contributed by atoms with E-state index in [-0.39, 0.29) is 25.9 Å². The molecule has 73 heavy (non-hydrogen) atoms. The number of unbranched alkanes of at least 4 members (excludes halogenated alkanes) is 4. The first-order chi connectivity index (χ1) is 35.6. The number of carboxylic acid groups (broad SMARTS) is 1. The molecule has 12 nitrogen and oxygen atoms in total. The van der Waals surface area contributed by atoms with Crippen LogP contribution in [0.5, 0.6) is 0 Å². The Bertz CT molecular complexity index is 1830. The van der Waals surface area contributed by atoms with Crippen molar-refractivity contribution in [1.29, 1.82) is 0 Å². The number of carbonyl (C=O) groups is 4. The molecule has 0 aliphatic carbocycles.